The number of aromatic nitrogens is 2. The topological polar surface area (TPSA) is 90.3 Å². The summed E-state index contributed by atoms with van der Waals surface area (Å²) in [5, 5.41) is 4.65. The van der Waals surface area contributed by atoms with Crippen molar-refractivity contribution in [2.24, 2.45) is 0 Å². The van der Waals surface area contributed by atoms with Crippen LogP contribution < -0.4 is 4.72 Å². The summed E-state index contributed by atoms with van der Waals surface area (Å²) in [5.41, 5.74) is 5.95. The van der Waals surface area contributed by atoms with E-state index in [1.807, 2.05) is 43.7 Å². The van der Waals surface area contributed by atoms with E-state index in [0.717, 1.165) is 33.8 Å². The Labute approximate surface area is 209 Å². The average Bonchev–Trinajstić information content (AvgIpc) is 3.12. The van der Waals surface area contributed by atoms with Crippen molar-refractivity contribution in [3.8, 4) is 27.9 Å². The predicted octanol–water partition coefficient (Wildman–Crippen LogP) is 5.71. The molecular formula is C27H26FN3O4S. The molecule has 186 valence electrons. The number of nitrogens with one attached hydrogen (secondary N) is 1. The van der Waals surface area contributed by atoms with Crippen molar-refractivity contribution in [1.82, 2.24) is 14.5 Å². The first-order chi connectivity index (χ1) is 17.1. The van der Waals surface area contributed by atoms with Crippen molar-refractivity contribution < 1.29 is 22.3 Å². The second kappa shape index (κ2) is 9.94. The van der Waals surface area contributed by atoms with Crippen LogP contribution in [0.4, 0.5) is 9.18 Å². The molecule has 1 N–H and O–H groups in total. The molecule has 4 rings (SSSR count). The summed E-state index contributed by atoms with van der Waals surface area (Å²) in [6.45, 7) is 7.29. The molecule has 1 aromatic heterocycles. The van der Waals surface area contributed by atoms with E-state index in [1.54, 1.807) is 41.9 Å². The van der Waals surface area contributed by atoms with E-state index in [2.05, 4.69) is 5.10 Å². The molecule has 36 heavy (non-hydrogen) atoms. The summed E-state index contributed by atoms with van der Waals surface area (Å²) in [4.78, 5) is 11.8. The predicted molar refractivity (Wildman–Crippen MR) is 136 cm³/mol. The summed E-state index contributed by atoms with van der Waals surface area (Å²) in [5.74, 6) is -0.315. The molecule has 0 unspecified atom stereocenters. The zero-order valence-corrected chi connectivity index (χ0v) is 21.2. The number of amides is 1. The molecular weight excluding hydrogens is 481 g/mol. The van der Waals surface area contributed by atoms with Crippen LogP contribution in [0.25, 0.3) is 27.9 Å². The molecule has 1 heterocycles. The summed E-state index contributed by atoms with van der Waals surface area (Å²) >= 11 is 0. The molecule has 0 bridgehead atoms. The fourth-order valence-electron chi connectivity index (χ4n) is 4.17. The third-order valence-electron chi connectivity index (χ3n) is 5.75. The summed E-state index contributed by atoms with van der Waals surface area (Å²) in [6.07, 6.45) is -1.03. The number of nitrogens with zero attached hydrogens (tertiary/aromatic N) is 2. The monoisotopic (exact) mass is 507 g/mol. The van der Waals surface area contributed by atoms with E-state index in [1.165, 1.54) is 18.2 Å². The molecule has 4 aromatic rings. The summed E-state index contributed by atoms with van der Waals surface area (Å²) < 4.78 is 48.1. The number of aryl methyl sites for hydroxylation is 2. The van der Waals surface area contributed by atoms with Crippen LogP contribution in [0, 0.1) is 26.6 Å². The maximum absolute atomic E-state index is 13.8. The average molecular weight is 508 g/mol. The van der Waals surface area contributed by atoms with Gasteiger partial charge < -0.3 is 4.74 Å². The minimum absolute atomic E-state index is 0.0339. The molecule has 9 heteroatoms. The maximum Gasteiger partial charge on any atom is 0.421 e. The number of benzene rings is 3. The third kappa shape index (κ3) is 5.01. The number of hydrogen-bond acceptors (Lipinski definition) is 5. The van der Waals surface area contributed by atoms with E-state index < -0.39 is 16.1 Å². The van der Waals surface area contributed by atoms with Gasteiger partial charge in [0.05, 0.1) is 22.9 Å². The highest BCUT2D eigenvalue weighted by Crippen LogP contribution is 2.32. The van der Waals surface area contributed by atoms with Crippen LogP contribution in [-0.4, -0.2) is 30.9 Å². The molecule has 0 aliphatic heterocycles. The minimum atomic E-state index is -4.16. The molecule has 0 aliphatic rings. The van der Waals surface area contributed by atoms with Crippen molar-refractivity contribution in [3.05, 3.63) is 89.5 Å². The van der Waals surface area contributed by atoms with Crippen LogP contribution in [0.1, 0.15) is 23.9 Å². The van der Waals surface area contributed by atoms with E-state index in [0.29, 0.717) is 11.1 Å². The lowest BCUT2D eigenvalue weighted by Gasteiger charge is -2.13. The standard InChI is InChI=1S/C27H26FN3O4S/c1-5-35-27(32)30-36(33,34)25-14-9-17(2)15-24(25)20-10-12-23(13-11-20)31-19(4)26(18(3)29-31)21-7-6-8-22(28)16-21/h6-16H,5H2,1-4H3,(H,30,32). The lowest BCUT2D eigenvalue weighted by molar-refractivity contribution is 0.158. The molecule has 0 aliphatic carbocycles. The van der Waals surface area contributed by atoms with Crippen molar-refractivity contribution in [1.29, 1.82) is 0 Å². The highest BCUT2D eigenvalue weighted by molar-refractivity contribution is 7.90. The molecule has 7 nitrogen and oxygen atoms in total. The van der Waals surface area contributed by atoms with Crippen LogP contribution in [-0.2, 0) is 14.8 Å². The SMILES string of the molecule is CCOC(=O)NS(=O)(=O)c1ccc(C)cc1-c1ccc(-n2nc(C)c(-c3cccc(F)c3)c2C)cc1. The first-order valence-corrected chi connectivity index (χ1v) is 12.8. The van der Waals surface area contributed by atoms with Gasteiger partial charge in [0.1, 0.15) is 5.82 Å². The van der Waals surface area contributed by atoms with Gasteiger partial charge >= 0.3 is 6.09 Å². The van der Waals surface area contributed by atoms with Gasteiger partial charge in [-0.1, -0.05) is 42.0 Å². The Bertz CT molecular complexity index is 1540. The zero-order chi connectivity index (χ0) is 26.0. The van der Waals surface area contributed by atoms with Gasteiger partial charge in [-0.15, -0.1) is 0 Å². The first kappa shape index (κ1) is 25.1. The van der Waals surface area contributed by atoms with E-state index in [4.69, 9.17) is 4.74 Å². The van der Waals surface area contributed by atoms with Gasteiger partial charge in [-0.2, -0.15) is 5.10 Å². The van der Waals surface area contributed by atoms with Crippen molar-refractivity contribution in [2.75, 3.05) is 6.61 Å². The van der Waals surface area contributed by atoms with Crippen LogP contribution >= 0.6 is 0 Å². The maximum atomic E-state index is 13.8. The Kier molecular flexibility index (Phi) is 6.94. The minimum Gasteiger partial charge on any atom is -0.449 e. The van der Waals surface area contributed by atoms with Gasteiger partial charge in [-0.25, -0.2) is 27.0 Å². The Hall–Kier alpha value is -3.98. The van der Waals surface area contributed by atoms with Crippen molar-refractivity contribution in [2.45, 2.75) is 32.6 Å². The number of carbonyl (C=O) groups excluding carboxylic acids is 1. The van der Waals surface area contributed by atoms with Crippen LogP contribution in [0.15, 0.2) is 71.6 Å². The molecule has 3 aromatic carbocycles. The molecule has 0 fully saturated rings. The Balaban J connectivity index is 1.72. The zero-order valence-electron chi connectivity index (χ0n) is 20.4. The Morgan fingerprint density at radius 3 is 2.39 bits per heavy atom. The van der Waals surface area contributed by atoms with Gasteiger partial charge in [0, 0.05) is 16.8 Å². The fourth-order valence-corrected chi connectivity index (χ4v) is 5.27. The van der Waals surface area contributed by atoms with Crippen molar-refractivity contribution in [3.63, 3.8) is 0 Å². The number of halogens is 1. The van der Waals surface area contributed by atoms with Gasteiger partial charge in [-0.05, 0) is 69.2 Å². The highest BCUT2D eigenvalue weighted by atomic mass is 32.2. The number of sulfonamides is 1. The number of rotatable bonds is 6. The summed E-state index contributed by atoms with van der Waals surface area (Å²) in [6, 6.07) is 18.5. The normalized spacial score (nSPS) is 11.4. The molecule has 0 saturated heterocycles. The molecule has 0 atom stereocenters. The highest BCUT2D eigenvalue weighted by Gasteiger charge is 2.23. The van der Waals surface area contributed by atoms with E-state index >= 15 is 0 Å². The number of hydrogen-bond donors (Lipinski definition) is 1. The molecule has 1 amide bonds. The van der Waals surface area contributed by atoms with Gasteiger partial charge in [0.2, 0.25) is 0 Å². The first-order valence-electron chi connectivity index (χ1n) is 11.3. The molecule has 0 radical (unpaired) electrons. The van der Waals surface area contributed by atoms with Gasteiger partial charge in [-0.3, -0.25) is 0 Å². The van der Waals surface area contributed by atoms with Crippen LogP contribution in [0.3, 0.4) is 0 Å². The van der Waals surface area contributed by atoms with Crippen LogP contribution in [0.5, 0.6) is 0 Å². The second-order valence-corrected chi connectivity index (χ2v) is 9.99. The molecule has 0 saturated carbocycles. The smallest absolute Gasteiger partial charge is 0.421 e. The van der Waals surface area contributed by atoms with Crippen LogP contribution in [0.2, 0.25) is 0 Å². The van der Waals surface area contributed by atoms with E-state index in [9.17, 15) is 17.6 Å². The summed E-state index contributed by atoms with van der Waals surface area (Å²) in [7, 11) is -4.16. The van der Waals surface area contributed by atoms with E-state index in [-0.39, 0.29) is 17.3 Å². The van der Waals surface area contributed by atoms with Gasteiger partial charge in [0.25, 0.3) is 10.0 Å². The third-order valence-corrected chi connectivity index (χ3v) is 7.12. The lowest BCUT2D eigenvalue weighted by Crippen LogP contribution is -2.31. The van der Waals surface area contributed by atoms with Crippen molar-refractivity contribution >= 4 is 16.1 Å². The number of ether oxygens (including phenoxy) is 1. The van der Waals surface area contributed by atoms with Gasteiger partial charge in [0.15, 0.2) is 0 Å². The Morgan fingerprint density at radius 1 is 1.00 bits per heavy atom. The second-order valence-electron chi connectivity index (χ2n) is 8.34. The Morgan fingerprint density at radius 2 is 1.72 bits per heavy atom. The lowest BCUT2D eigenvalue weighted by atomic mass is 10.0. The largest absolute Gasteiger partial charge is 0.449 e. The number of carbonyl (C=O) groups is 1. The fraction of sp³-hybridized carbons (Fsp3) is 0.185. The quantitative estimate of drug-likeness (QED) is 0.361. The molecule has 0 spiro atoms.